The van der Waals surface area contributed by atoms with Crippen LogP contribution in [0.1, 0.15) is 5.56 Å². The van der Waals surface area contributed by atoms with E-state index in [0.717, 1.165) is 0 Å². The third-order valence-electron chi connectivity index (χ3n) is 2.52. The van der Waals surface area contributed by atoms with E-state index < -0.39 is 12.4 Å². The summed E-state index contributed by atoms with van der Waals surface area (Å²) in [5.41, 5.74) is -0.172. The molecule has 0 aromatic heterocycles. The molecule has 0 N–H and O–H groups in total. The summed E-state index contributed by atoms with van der Waals surface area (Å²) < 4.78 is 38.5. The Morgan fingerprint density at radius 1 is 0.933 bits per heavy atom. The molecule has 0 aliphatic rings. The Morgan fingerprint density at radius 2 is 1.60 bits per heavy atom. The van der Waals surface area contributed by atoms with Crippen molar-refractivity contribution in [1.82, 2.24) is 0 Å². The van der Waals surface area contributed by atoms with Crippen LogP contribution in [0.15, 0.2) is 36.4 Å². The van der Waals surface area contributed by atoms with Crippen LogP contribution < -0.4 is 5.46 Å². The minimum atomic E-state index is -4.94. The summed E-state index contributed by atoms with van der Waals surface area (Å²) in [6.45, 7) is -3.44. The summed E-state index contributed by atoms with van der Waals surface area (Å²) in [7, 11) is 0. The van der Waals surface area contributed by atoms with Crippen molar-refractivity contribution >= 4 is 23.2 Å². The lowest BCUT2D eigenvalue weighted by Gasteiger charge is -2.20. The van der Waals surface area contributed by atoms with Crippen LogP contribution in [0, 0.1) is 6.92 Å². The van der Waals surface area contributed by atoms with Crippen LogP contribution in [0.3, 0.4) is 0 Å². The lowest BCUT2D eigenvalue weighted by Crippen LogP contribution is -2.36. The molecule has 0 aliphatic carbocycles. The maximum Gasteiger partial charge on any atom is 0.510 e. The monoisotopic (exact) mass is 209 g/mol. The molecule has 0 saturated carbocycles. The van der Waals surface area contributed by atoms with Gasteiger partial charge in [0.05, 0.1) is 0 Å². The molecule has 0 atom stereocenters. The summed E-state index contributed by atoms with van der Waals surface area (Å²) >= 11 is 0. The van der Waals surface area contributed by atoms with Gasteiger partial charge in [0.15, 0.2) is 0 Å². The molecule has 78 valence electrons. The molecular weight excluding hydrogens is 200 g/mol. The minimum Gasteiger partial charge on any atom is -0.445 e. The molecular formula is C11H9BF3-. The van der Waals surface area contributed by atoms with E-state index in [1.807, 2.05) is 0 Å². The Kier molecular flexibility index (Phi) is 2.22. The number of hydrogen-bond acceptors (Lipinski definition) is 0. The van der Waals surface area contributed by atoms with Crippen molar-refractivity contribution in [3.63, 3.8) is 0 Å². The average molecular weight is 209 g/mol. The highest BCUT2D eigenvalue weighted by Crippen LogP contribution is 2.20. The Balaban J connectivity index is 2.86. The van der Waals surface area contributed by atoms with Crippen molar-refractivity contribution in [3.05, 3.63) is 42.0 Å². The lowest BCUT2D eigenvalue weighted by molar-refractivity contribution is 0.501. The highest BCUT2D eigenvalue weighted by molar-refractivity contribution is 6.76. The van der Waals surface area contributed by atoms with Gasteiger partial charge in [-0.05, 0) is 17.7 Å². The first-order valence-corrected chi connectivity index (χ1v) is 4.68. The van der Waals surface area contributed by atoms with Gasteiger partial charge >= 0.3 is 6.98 Å². The fourth-order valence-electron chi connectivity index (χ4n) is 1.84. The van der Waals surface area contributed by atoms with E-state index in [1.165, 1.54) is 19.1 Å². The quantitative estimate of drug-likeness (QED) is 0.632. The van der Waals surface area contributed by atoms with Crippen LogP contribution in [0.4, 0.5) is 12.9 Å². The van der Waals surface area contributed by atoms with Crippen LogP contribution in [-0.2, 0) is 0 Å². The molecule has 0 spiro atoms. The van der Waals surface area contributed by atoms with Gasteiger partial charge in [-0.3, -0.25) is 0 Å². The van der Waals surface area contributed by atoms with Gasteiger partial charge in [0.25, 0.3) is 0 Å². The second-order valence-corrected chi connectivity index (χ2v) is 3.59. The zero-order chi connectivity index (χ0) is 11.1. The van der Waals surface area contributed by atoms with Crippen molar-refractivity contribution in [3.8, 4) is 0 Å². The van der Waals surface area contributed by atoms with Crippen LogP contribution in [0.2, 0.25) is 0 Å². The van der Waals surface area contributed by atoms with Gasteiger partial charge < -0.3 is 12.9 Å². The zero-order valence-corrected chi connectivity index (χ0v) is 8.18. The normalized spacial score (nSPS) is 12.0. The number of benzene rings is 2. The Bertz CT molecular complexity index is 503. The summed E-state index contributed by atoms with van der Waals surface area (Å²) in [5.74, 6) is 0. The molecule has 0 saturated heterocycles. The first kappa shape index (κ1) is 10.1. The highest BCUT2D eigenvalue weighted by atomic mass is 19.4. The maximum absolute atomic E-state index is 12.8. The van der Waals surface area contributed by atoms with Gasteiger partial charge in [-0.2, -0.15) is 0 Å². The van der Waals surface area contributed by atoms with Crippen molar-refractivity contribution < 1.29 is 12.9 Å². The zero-order valence-electron chi connectivity index (χ0n) is 8.18. The molecule has 0 aliphatic heterocycles. The van der Waals surface area contributed by atoms with E-state index in [0.29, 0.717) is 16.3 Å². The van der Waals surface area contributed by atoms with E-state index in [2.05, 4.69) is 0 Å². The standard InChI is InChI=1S/C11H9BF3/c1-8-6-7-9-4-2-3-5-10(9)11(8)12(13,14)15/h2-7H,1H3/q-1. The van der Waals surface area contributed by atoms with E-state index in [9.17, 15) is 12.9 Å². The van der Waals surface area contributed by atoms with Crippen molar-refractivity contribution in [2.45, 2.75) is 6.92 Å². The van der Waals surface area contributed by atoms with Crippen LogP contribution in [0.25, 0.3) is 10.8 Å². The van der Waals surface area contributed by atoms with Crippen LogP contribution in [-0.4, -0.2) is 6.98 Å². The van der Waals surface area contributed by atoms with Gasteiger partial charge in [0.1, 0.15) is 0 Å². The molecule has 2 aromatic rings. The van der Waals surface area contributed by atoms with Crippen LogP contribution in [0.5, 0.6) is 0 Å². The van der Waals surface area contributed by atoms with Gasteiger partial charge in [0.2, 0.25) is 0 Å². The number of halogens is 3. The van der Waals surface area contributed by atoms with E-state index >= 15 is 0 Å². The van der Waals surface area contributed by atoms with Gasteiger partial charge in [0, 0.05) is 0 Å². The first-order chi connectivity index (χ1) is 7.00. The van der Waals surface area contributed by atoms with E-state index in [-0.39, 0.29) is 0 Å². The number of aryl methyl sites for hydroxylation is 1. The Hall–Kier alpha value is -1.45. The topological polar surface area (TPSA) is 0 Å². The lowest BCUT2D eigenvalue weighted by atomic mass is 9.74. The summed E-state index contributed by atoms with van der Waals surface area (Å²) in [5, 5.41) is 0.933. The summed E-state index contributed by atoms with van der Waals surface area (Å²) in [6, 6.07) is 9.83. The molecule has 0 bridgehead atoms. The molecule has 0 heterocycles. The van der Waals surface area contributed by atoms with Crippen molar-refractivity contribution in [1.29, 1.82) is 0 Å². The fourth-order valence-corrected chi connectivity index (χ4v) is 1.84. The predicted molar refractivity (Wildman–Crippen MR) is 57.4 cm³/mol. The Morgan fingerprint density at radius 3 is 2.27 bits per heavy atom. The molecule has 4 heteroatoms. The number of hydrogen-bond donors (Lipinski definition) is 0. The van der Waals surface area contributed by atoms with E-state index in [1.54, 1.807) is 24.3 Å². The molecule has 2 rings (SSSR count). The predicted octanol–water partition coefficient (Wildman–Crippen LogP) is 3.20. The molecule has 0 radical (unpaired) electrons. The number of fused-ring (bicyclic) bond motifs is 1. The van der Waals surface area contributed by atoms with Crippen LogP contribution >= 0.6 is 0 Å². The minimum absolute atomic E-state index is 0.293. The molecule has 2 aromatic carbocycles. The SMILES string of the molecule is Cc1ccc2ccccc2c1[B-](F)(F)F. The van der Waals surface area contributed by atoms with Gasteiger partial charge in [-0.1, -0.05) is 47.4 Å². The maximum atomic E-state index is 12.8. The van der Waals surface area contributed by atoms with E-state index in [4.69, 9.17) is 0 Å². The van der Waals surface area contributed by atoms with Crippen molar-refractivity contribution in [2.75, 3.05) is 0 Å². The van der Waals surface area contributed by atoms with Crippen molar-refractivity contribution in [2.24, 2.45) is 0 Å². The largest absolute Gasteiger partial charge is 0.510 e. The molecule has 0 unspecified atom stereocenters. The molecule has 0 amide bonds. The van der Waals surface area contributed by atoms with Gasteiger partial charge in [-0.25, -0.2) is 0 Å². The summed E-state index contributed by atoms with van der Waals surface area (Å²) in [6.07, 6.45) is 0. The molecule has 15 heavy (non-hydrogen) atoms. The first-order valence-electron chi connectivity index (χ1n) is 4.68. The van der Waals surface area contributed by atoms with Gasteiger partial charge in [-0.15, -0.1) is 0 Å². The summed E-state index contributed by atoms with van der Waals surface area (Å²) in [4.78, 5) is 0. The molecule has 0 nitrogen and oxygen atoms in total. The molecule has 0 fully saturated rings. The third-order valence-corrected chi connectivity index (χ3v) is 2.52. The fraction of sp³-hybridized carbons (Fsp3) is 0.0909. The second-order valence-electron chi connectivity index (χ2n) is 3.59. The third kappa shape index (κ3) is 1.72. The average Bonchev–Trinajstić information content (AvgIpc) is 2.15. The number of rotatable bonds is 1. The second kappa shape index (κ2) is 3.30. The smallest absolute Gasteiger partial charge is 0.445 e. The highest BCUT2D eigenvalue weighted by Gasteiger charge is 2.28. The Labute approximate surface area is 85.8 Å².